The SMILES string of the molecule is C[C@@H]1CN(c2c(N)ccc3nn(C(C)(C)C)cc23)C[C@@H]1NC(=O)OC(C)(C)C. The fourth-order valence-corrected chi connectivity index (χ4v) is 3.59. The molecule has 1 fully saturated rings. The number of amides is 1. The van der Waals surface area contributed by atoms with Gasteiger partial charge < -0.3 is 20.7 Å². The molecule has 28 heavy (non-hydrogen) atoms. The van der Waals surface area contributed by atoms with Gasteiger partial charge >= 0.3 is 6.09 Å². The van der Waals surface area contributed by atoms with Crippen molar-refractivity contribution in [2.75, 3.05) is 23.7 Å². The molecule has 1 amide bonds. The van der Waals surface area contributed by atoms with E-state index in [1.807, 2.05) is 37.6 Å². The number of nitrogens with one attached hydrogen (secondary N) is 1. The summed E-state index contributed by atoms with van der Waals surface area (Å²) in [7, 11) is 0. The minimum atomic E-state index is -0.511. The molecule has 2 aromatic rings. The molecule has 1 aromatic heterocycles. The highest BCUT2D eigenvalue weighted by Gasteiger charge is 2.34. The van der Waals surface area contributed by atoms with Gasteiger partial charge in [-0.1, -0.05) is 6.92 Å². The Labute approximate surface area is 167 Å². The van der Waals surface area contributed by atoms with E-state index in [0.717, 1.165) is 28.8 Å². The third kappa shape index (κ3) is 4.18. The highest BCUT2D eigenvalue weighted by Crippen LogP contribution is 2.36. The van der Waals surface area contributed by atoms with Gasteiger partial charge in [0.15, 0.2) is 0 Å². The zero-order valence-corrected chi connectivity index (χ0v) is 18.0. The minimum absolute atomic E-state index is 0.00201. The third-order valence-electron chi connectivity index (χ3n) is 5.01. The van der Waals surface area contributed by atoms with Crippen LogP contribution in [0.2, 0.25) is 0 Å². The number of anilines is 2. The van der Waals surface area contributed by atoms with Crippen LogP contribution in [0.3, 0.4) is 0 Å². The molecule has 154 valence electrons. The van der Waals surface area contributed by atoms with Crippen LogP contribution in [0.15, 0.2) is 18.3 Å². The Hall–Kier alpha value is -2.44. The number of nitrogens with zero attached hydrogens (tertiary/aromatic N) is 3. The highest BCUT2D eigenvalue weighted by atomic mass is 16.6. The molecule has 0 radical (unpaired) electrons. The van der Waals surface area contributed by atoms with Gasteiger partial charge in [0.25, 0.3) is 0 Å². The van der Waals surface area contributed by atoms with Crippen LogP contribution in [0.1, 0.15) is 48.5 Å². The summed E-state index contributed by atoms with van der Waals surface area (Å²) in [6.45, 7) is 15.6. The number of hydrogen-bond donors (Lipinski definition) is 2. The van der Waals surface area contributed by atoms with Gasteiger partial charge in [-0.2, -0.15) is 5.10 Å². The third-order valence-corrected chi connectivity index (χ3v) is 5.01. The molecule has 1 aliphatic heterocycles. The first-order valence-electron chi connectivity index (χ1n) is 9.88. The van der Waals surface area contributed by atoms with Crippen molar-refractivity contribution in [2.45, 2.75) is 65.6 Å². The van der Waals surface area contributed by atoms with E-state index in [2.05, 4.69) is 44.1 Å². The van der Waals surface area contributed by atoms with Crippen LogP contribution in [-0.2, 0) is 10.3 Å². The van der Waals surface area contributed by atoms with Crippen LogP contribution in [-0.4, -0.2) is 40.6 Å². The molecule has 1 aliphatic rings. The lowest BCUT2D eigenvalue weighted by Crippen LogP contribution is -2.42. The highest BCUT2D eigenvalue weighted by molar-refractivity contribution is 5.98. The normalized spacial score (nSPS) is 20.6. The van der Waals surface area contributed by atoms with Crippen molar-refractivity contribution in [3.05, 3.63) is 18.3 Å². The molecule has 0 unspecified atom stereocenters. The number of fused-ring (bicyclic) bond motifs is 1. The van der Waals surface area contributed by atoms with Crippen molar-refractivity contribution >= 4 is 28.4 Å². The van der Waals surface area contributed by atoms with Crippen molar-refractivity contribution in [2.24, 2.45) is 5.92 Å². The van der Waals surface area contributed by atoms with Crippen molar-refractivity contribution < 1.29 is 9.53 Å². The van der Waals surface area contributed by atoms with Crippen molar-refractivity contribution in [1.82, 2.24) is 15.1 Å². The van der Waals surface area contributed by atoms with Gasteiger partial charge in [0.05, 0.1) is 28.5 Å². The maximum absolute atomic E-state index is 12.2. The molecule has 0 bridgehead atoms. The molecule has 0 spiro atoms. The first-order valence-corrected chi connectivity index (χ1v) is 9.88. The minimum Gasteiger partial charge on any atom is -0.444 e. The Morgan fingerprint density at radius 3 is 2.50 bits per heavy atom. The summed E-state index contributed by atoms with van der Waals surface area (Å²) >= 11 is 0. The van der Waals surface area contributed by atoms with Crippen LogP contribution >= 0.6 is 0 Å². The van der Waals surface area contributed by atoms with Crippen LogP contribution in [0.5, 0.6) is 0 Å². The lowest BCUT2D eigenvalue weighted by molar-refractivity contribution is 0.0499. The van der Waals surface area contributed by atoms with E-state index in [-0.39, 0.29) is 23.6 Å². The zero-order valence-electron chi connectivity index (χ0n) is 18.0. The number of carbonyl (C=O) groups excluding carboxylic acids is 1. The molecule has 2 atom stereocenters. The number of aromatic nitrogens is 2. The monoisotopic (exact) mass is 387 g/mol. The van der Waals surface area contributed by atoms with E-state index >= 15 is 0 Å². The number of nitrogens with two attached hydrogens (primary N) is 1. The Morgan fingerprint density at radius 1 is 1.21 bits per heavy atom. The van der Waals surface area contributed by atoms with Gasteiger partial charge in [-0.05, 0) is 59.6 Å². The second-order valence-electron chi connectivity index (χ2n) is 9.82. The molecule has 0 aliphatic carbocycles. The Balaban J connectivity index is 1.86. The smallest absolute Gasteiger partial charge is 0.407 e. The van der Waals surface area contributed by atoms with Crippen LogP contribution in [0, 0.1) is 5.92 Å². The van der Waals surface area contributed by atoms with E-state index in [1.54, 1.807) is 0 Å². The average Bonchev–Trinajstić information content (AvgIpc) is 3.09. The second kappa shape index (κ2) is 6.87. The maximum atomic E-state index is 12.2. The van der Waals surface area contributed by atoms with E-state index in [9.17, 15) is 4.79 Å². The van der Waals surface area contributed by atoms with Gasteiger partial charge in [0.1, 0.15) is 5.60 Å². The molecule has 3 N–H and O–H groups in total. The van der Waals surface area contributed by atoms with Crippen LogP contribution in [0.4, 0.5) is 16.2 Å². The molecule has 0 saturated carbocycles. The molecule has 2 heterocycles. The average molecular weight is 388 g/mol. The lowest BCUT2D eigenvalue weighted by Gasteiger charge is -2.23. The van der Waals surface area contributed by atoms with E-state index < -0.39 is 5.60 Å². The van der Waals surface area contributed by atoms with Crippen molar-refractivity contribution in [3.63, 3.8) is 0 Å². The number of nitrogen functional groups attached to an aromatic ring is 1. The predicted molar refractivity (Wildman–Crippen MR) is 114 cm³/mol. The number of alkyl carbamates (subject to hydrolysis) is 1. The van der Waals surface area contributed by atoms with Gasteiger partial charge in [-0.25, -0.2) is 4.79 Å². The van der Waals surface area contributed by atoms with Crippen LogP contribution < -0.4 is 16.0 Å². The van der Waals surface area contributed by atoms with Gasteiger partial charge in [-0.3, -0.25) is 4.68 Å². The summed E-state index contributed by atoms with van der Waals surface area (Å²) in [6, 6.07) is 3.88. The Bertz CT molecular complexity index is 875. The summed E-state index contributed by atoms with van der Waals surface area (Å²) in [6.07, 6.45) is 1.69. The molecule has 1 aromatic carbocycles. The number of hydrogen-bond acceptors (Lipinski definition) is 5. The molecule has 7 nitrogen and oxygen atoms in total. The van der Waals surface area contributed by atoms with Gasteiger partial charge in [-0.15, -0.1) is 0 Å². The first-order chi connectivity index (χ1) is 12.8. The summed E-state index contributed by atoms with van der Waals surface area (Å²) < 4.78 is 7.40. The fraction of sp³-hybridized carbons (Fsp3) is 0.619. The zero-order chi connectivity index (χ0) is 20.9. The lowest BCUT2D eigenvalue weighted by atomic mass is 10.1. The van der Waals surface area contributed by atoms with Crippen molar-refractivity contribution in [1.29, 1.82) is 0 Å². The van der Waals surface area contributed by atoms with Gasteiger partial charge in [0.2, 0.25) is 0 Å². The van der Waals surface area contributed by atoms with E-state index in [0.29, 0.717) is 6.54 Å². The van der Waals surface area contributed by atoms with Crippen molar-refractivity contribution in [3.8, 4) is 0 Å². The molecular formula is C21H33N5O2. The Morgan fingerprint density at radius 2 is 1.89 bits per heavy atom. The molecule has 3 rings (SSSR count). The number of rotatable bonds is 2. The van der Waals surface area contributed by atoms with E-state index in [1.165, 1.54) is 0 Å². The quantitative estimate of drug-likeness (QED) is 0.767. The second-order valence-corrected chi connectivity index (χ2v) is 9.82. The number of benzene rings is 1. The summed E-state index contributed by atoms with van der Waals surface area (Å²) in [5.74, 6) is 0.278. The molecule has 7 heteroatoms. The largest absolute Gasteiger partial charge is 0.444 e. The Kier molecular flexibility index (Phi) is 4.98. The molecular weight excluding hydrogens is 354 g/mol. The molecule has 1 saturated heterocycles. The maximum Gasteiger partial charge on any atom is 0.407 e. The summed E-state index contributed by atoms with van der Waals surface area (Å²) in [4.78, 5) is 14.5. The summed E-state index contributed by atoms with van der Waals surface area (Å²) in [5, 5.41) is 8.79. The number of carbonyl (C=O) groups is 1. The standard InChI is InChI=1S/C21H33N5O2/c1-13-10-25(12-17(13)23-19(27)28-21(5,6)7)18-14-11-26(20(2,3)4)24-16(14)9-8-15(18)22/h8-9,11,13,17H,10,12,22H2,1-7H3,(H,23,27)/t13-,17+/m1/s1. The topological polar surface area (TPSA) is 85.4 Å². The number of ether oxygens (including phenoxy) is 1. The summed E-state index contributed by atoms with van der Waals surface area (Å²) in [5.41, 5.74) is 8.40. The fourth-order valence-electron chi connectivity index (χ4n) is 3.59. The van der Waals surface area contributed by atoms with Crippen LogP contribution in [0.25, 0.3) is 10.9 Å². The predicted octanol–water partition coefficient (Wildman–Crippen LogP) is 3.72. The van der Waals surface area contributed by atoms with Gasteiger partial charge in [0, 0.05) is 24.7 Å². The first kappa shape index (κ1) is 20.3. The van der Waals surface area contributed by atoms with E-state index in [4.69, 9.17) is 15.6 Å².